The van der Waals surface area contributed by atoms with Crippen molar-refractivity contribution in [3.05, 3.63) is 29.6 Å². The molecule has 0 spiro atoms. The van der Waals surface area contributed by atoms with E-state index in [0.717, 1.165) is 24.2 Å². The second kappa shape index (κ2) is 4.05. The lowest BCUT2D eigenvalue weighted by atomic mass is 9.89. The van der Waals surface area contributed by atoms with Crippen LogP contribution in [0.5, 0.6) is 0 Å². The number of aryl methyl sites for hydroxylation is 1. The Balaban J connectivity index is 2.20. The average molecular weight is 194 g/mol. The molecule has 0 aliphatic carbocycles. The van der Waals surface area contributed by atoms with Crippen molar-refractivity contribution >= 4 is 0 Å². The van der Waals surface area contributed by atoms with Gasteiger partial charge in [0.2, 0.25) is 0 Å². The number of nitrogens with one attached hydrogen (secondary N) is 1. The van der Waals surface area contributed by atoms with Gasteiger partial charge in [-0.15, -0.1) is 0 Å². The standard InChI is InChI=1S/C11H15FN2/c1-8-6-9(2-5-14-8)10-3-4-13-7-11(10)12/h2,5-6,10-11,13H,3-4,7H2,1H3. The monoisotopic (exact) mass is 194 g/mol. The molecule has 2 heterocycles. The van der Waals surface area contributed by atoms with Crippen LogP contribution >= 0.6 is 0 Å². The summed E-state index contributed by atoms with van der Waals surface area (Å²) in [4.78, 5) is 4.12. The highest BCUT2D eigenvalue weighted by molar-refractivity contribution is 5.22. The van der Waals surface area contributed by atoms with Crippen LogP contribution in [0.1, 0.15) is 23.6 Å². The molecule has 0 aromatic carbocycles. The molecule has 2 rings (SSSR count). The first kappa shape index (κ1) is 9.59. The van der Waals surface area contributed by atoms with Crippen LogP contribution in [-0.2, 0) is 0 Å². The van der Waals surface area contributed by atoms with E-state index < -0.39 is 6.17 Å². The molecule has 0 saturated carbocycles. The van der Waals surface area contributed by atoms with Crippen molar-refractivity contribution in [1.29, 1.82) is 0 Å². The van der Waals surface area contributed by atoms with E-state index >= 15 is 0 Å². The molecular formula is C11H15FN2. The summed E-state index contributed by atoms with van der Waals surface area (Å²) in [6, 6.07) is 3.91. The Labute approximate surface area is 83.6 Å². The summed E-state index contributed by atoms with van der Waals surface area (Å²) < 4.78 is 13.6. The van der Waals surface area contributed by atoms with Crippen LogP contribution in [0, 0.1) is 6.92 Å². The highest BCUT2D eigenvalue weighted by Gasteiger charge is 2.25. The maximum atomic E-state index is 13.6. The fraction of sp³-hybridized carbons (Fsp3) is 0.545. The molecule has 2 unspecified atom stereocenters. The average Bonchev–Trinajstić information content (AvgIpc) is 2.18. The fourth-order valence-corrected chi connectivity index (χ4v) is 1.99. The summed E-state index contributed by atoms with van der Waals surface area (Å²) in [7, 11) is 0. The Morgan fingerprint density at radius 2 is 2.43 bits per heavy atom. The van der Waals surface area contributed by atoms with Crippen LogP contribution in [0.3, 0.4) is 0 Å². The van der Waals surface area contributed by atoms with Crippen molar-refractivity contribution in [2.75, 3.05) is 13.1 Å². The Bertz CT molecular complexity index is 314. The van der Waals surface area contributed by atoms with Crippen LogP contribution in [0.15, 0.2) is 18.3 Å². The van der Waals surface area contributed by atoms with Gasteiger partial charge < -0.3 is 5.32 Å². The molecule has 1 aliphatic heterocycles. The fourth-order valence-electron chi connectivity index (χ4n) is 1.99. The zero-order valence-corrected chi connectivity index (χ0v) is 8.33. The maximum Gasteiger partial charge on any atom is 0.119 e. The summed E-state index contributed by atoms with van der Waals surface area (Å²) in [5.74, 6) is 0.0537. The second-order valence-corrected chi connectivity index (χ2v) is 3.85. The van der Waals surface area contributed by atoms with Crippen LogP contribution in [0.4, 0.5) is 4.39 Å². The molecule has 3 heteroatoms. The smallest absolute Gasteiger partial charge is 0.119 e. The predicted octanol–water partition coefficient (Wildman–Crippen LogP) is 1.81. The second-order valence-electron chi connectivity index (χ2n) is 3.85. The number of pyridine rings is 1. The molecule has 76 valence electrons. The van der Waals surface area contributed by atoms with Crippen molar-refractivity contribution in [1.82, 2.24) is 10.3 Å². The van der Waals surface area contributed by atoms with Gasteiger partial charge >= 0.3 is 0 Å². The van der Waals surface area contributed by atoms with Crippen molar-refractivity contribution in [2.24, 2.45) is 0 Å². The summed E-state index contributed by atoms with van der Waals surface area (Å²) in [5, 5.41) is 3.06. The van der Waals surface area contributed by atoms with Crippen molar-refractivity contribution < 1.29 is 4.39 Å². The third-order valence-electron chi connectivity index (χ3n) is 2.76. The highest BCUT2D eigenvalue weighted by atomic mass is 19.1. The van der Waals surface area contributed by atoms with Gasteiger partial charge in [-0.25, -0.2) is 4.39 Å². The molecule has 1 aromatic rings. The number of aromatic nitrogens is 1. The Morgan fingerprint density at radius 3 is 3.14 bits per heavy atom. The SMILES string of the molecule is Cc1cc(C2CCNCC2F)ccn1. The lowest BCUT2D eigenvalue weighted by Crippen LogP contribution is -2.36. The molecule has 0 amide bonds. The van der Waals surface area contributed by atoms with E-state index in [1.165, 1.54) is 0 Å². The van der Waals surface area contributed by atoms with Gasteiger partial charge in [0.05, 0.1) is 0 Å². The molecule has 2 nitrogen and oxygen atoms in total. The van der Waals surface area contributed by atoms with E-state index in [1.807, 2.05) is 19.1 Å². The van der Waals surface area contributed by atoms with Crippen LogP contribution in [0.25, 0.3) is 0 Å². The molecule has 0 radical (unpaired) electrons. The molecule has 1 aliphatic rings. The summed E-state index contributed by atoms with van der Waals surface area (Å²) >= 11 is 0. The Morgan fingerprint density at radius 1 is 1.57 bits per heavy atom. The van der Waals surface area contributed by atoms with Crippen LogP contribution in [-0.4, -0.2) is 24.2 Å². The summed E-state index contributed by atoms with van der Waals surface area (Å²) in [6.07, 6.45) is 1.88. The minimum absolute atomic E-state index is 0.0537. The number of hydrogen-bond donors (Lipinski definition) is 1. The first-order chi connectivity index (χ1) is 6.77. The molecule has 1 aromatic heterocycles. The lowest BCUT2D eigenvalue weighted by Gasteiger charge is -2.27. The van der Waals surface area contributed by atoms with E-state index in [4.69, 9.17) is 0 Å². The van der Waals surface area contributed by atoms with Gasteiger partial charge in [0.15, 0.2) is 0 Å². The number of nitrogens with zero attached hydrogens (tertiary/aromatic N) is 1. The van der Waals surface area contributed by atoms with Gasteiger partial charge in [0, 0.05) is 24.4 Å². The van der Waals surface area contributed by atoms with Gasteiger partial charge in [0.1, 0.15) is 6.17 Å². The van der Waals surface area contributed by atoms with Crippen molar-refractivity contribution in [3.8, 4) is 0 Å². The van der Waals surface area contributed by atoms with E-state index in [2.05, 4.69) is 10.3 Å². The van der Waals surface area contributed by atoms with Gasteiger partial charge in [-0.1, -0.05) is 0 Å². The van der Waals surface area contributed by atoms with Gasteiger partial charge in [-0.3, -0.25) is 4.98 Å². The quantitative estimate of drug-likeness (QED) is 0.737. The predicted molar refractivity (Wildman–Crippen MR) is 54.1 cm³/mol. The third-order valence-corrected chi connectivity index (χ3v) is 2.76. The van der Waals surface area contributed by atoms with Crippen LogP contribution < -0.4 is 5.32 Å². The normalized spacial score (nSPS) is 27.6. The molecule has 1 saturated heterocycles. The van der Waals surface area contributed by atoms with Crippen LogP contribution in [0.2, 0.25) is 0 Å². The lowest BCUT2D eigenvalue weighted by molar-refractivity contribution is 0.231. The molecule has 1 fully saturated rings. The number of hydrogen-bond acceptors (Lipinski definition) is 2. The number of halogens is 1. The Hall–Kier alpha value is -0.960. The number of rotatable bonds is 1. The molecule has 14 heavy (non-hydrogen) atoms. The summed E-state index contributed by atoms with van der Waals surface area (Å²) in [5.41, 5.74) is 2.06. The molecule has 2 atom stereocenters. The third kappa shape index (κ3) is 1.93. The number of piperidine rings is 1. The molecular weight excluding hydrogens is 179 g/mol. The minimum atomic E-state index is -0.759. The topological polar surface area (TPSA) is 24.9 Å². The molecule has 0 bridgehead atoms. The first-order valence-corrected chi connectivity index (χ1v) is 5.04. The Kier molecular flexibility index (Phi) is 2.77. The van der Waals surface area contributed by atoms with E-state index in [0.29, 0.717) is 6.54 Å². The van der Waals surface area contributed by atoms with E-state index in [-0.39, 0.29) is 5.92 Å². The van der Waals surface area contributed by atoms with Crippen molar-refractivity contribution in [2.45, 2.75) is 25.4 Å². The van der Waals surface area contributed by atoms with Crippen molar-refractivity contribution in [3.63, 3.8) is 0 Å². The minimum Gasteiger partial charge on any atom is -0.314 e. The first-order valence-electron chi connectivity index (χ1n) is 5.04. The van der Waals surface area contributed by atoms with E-state index in [1.54, 1.807) is 6.20 Å². The highest BCUT2D eigenvalue weighted by Crippen LogP contribution is 2.27. The maximum absolute atomic E-state index is 13.6. The van der Waals surface area contributed by atoms with Gasteiger partial charge in [-0.2, -0.15) is 0 Å². The summed E-state index contributed by atoms with van der Waals surface area (Å²) in [6.45, 7) is 3.33. The van der Waals surface area contributed by atoms with Gasteiger partial charge in [0.25, 0.3) is 0 Å². The number of alkyl halides is 1. The largest absolute Gasteiger partial charge is 0.314 e. The zero-order chi connectivity index (χ0) is 9.97. The van der Waals surface area contributed by atoms with Gasteiger partial charge in [-0.05, 0) is 37.6 Å². The molecule has 1 N–H and O–H groups in total. The zero-order valence-electron chi connectivity index (χ0n) is 8.33. The van der Waals surface area contributed by atoms with E-state index in [9.17, 15) is 4.39 Å².